The van der Waals surface area contributed by atoms with Crippen LogP contribution in [-0.4, -0.2) is 69.8 Å². The third kappa shape index (κ3) is 3.57. The van der Waals surface area contributed by atoms with E-state index in [1.165, 1.54) is 47.2 Å². The van der Waals surface area contributed by atoms with Crippen LogP contribution in [0.4, 0.5) is 5.69 Å². The number of aliphatic hydroxyl groups is 3. The molecule has 0 spiro atoms. The smallest absolute Gasteiger partial charge is 0.270 e. The summed E-state index contributed by atoms with van der Waals surface area (Å²) in [4.78, 5) is 23.0. The minimum atomic E-state index is -1.28. The number of aromatic hydroxyl groups is 1. The van der Waals surface area contributed by atoms with E-state index >= 15 is 0 Å². The molecular formula is C17H17N5O7S. The van der Waals surface area contributed by atoms with Crippen LogP contribution in [0.5, 0.6) is 5.75 Å². The number of rotatable bonds is 6. The molecule has 4 N–H and O–H groups in total. The van der Waals surface area contributed by atoms with E-state index in [9.17, 15) is 30.5 Å². The summed E-state index contributed by atoms with van der Waals surface area (Å²) in [6.45, 7) is -0.454. The number of nitro groups is 1. The molecule has 3 heterocycles. The van der Waals surface area contributed by atoms with Gasteiger partial charge in [-0.25, -0.2) is 15.0 Å². The predicted molar refractivity (Wildman–Crippen MR) is 103 cm³/mol. The molecule has 0 aliphatic carbocycles. The fourth-order valence-corrected chi connectivity index (χ4v) is 4.11. The topological polar surface area (TPSA) is 177 Å². The Morgan fingerprint density at radius 1 is 1.23 bits per heavy atom. The van der Waals surface area contributed by atoms with E-state index in [0.717, 1.165) is 0 Å². The van der Waals surface area contributed by atoms with Gasteiger partial charge >= 0.3 is 0 Å². The summed E-state index contributed by atoms with van der Waals surface area (Å²) in [5.74, 6) is 0.121. The average molecular weight is 435 g/mol. The second-order valence-corrected chi connectivity index (χ2v) is 7.55. The summed E-state index contributed by atoms with van der Waals surface area (Å²) >= 11 is 1.20. The number of aromatic nitrogens is 4. The number of hydrogen-bond donors (Lipinski definition) is 4. The minimum Gasteiger partial charge on any atom is -0.508 e. The Morgan fingerprint density at radius 2 is 2.03 bits per heavy atom. The van der Waals surface area contributed by atoms with Crippen molar-refractivity contribution in [1.82, 2.24) is 19.5 Å². The summed E-state index contributed by atoms with van der Waals surface area (Å²) in [6.07, 6.45) is -1.80. The first-order valence-corrected chi connectivity index (χ1v) is 9.78. The van der Waals surface area contributed by atoms with Crippen LogP contribution in [0.2, 0.25) is 0 Å². The Bertz CT molecular complexity index is 1090. The molecule has 12 nitrogen and oxygen atoms in total. The van der Waals surface area contributed by atoms with Crippen LogP contribution in [-0.2, 0) is 10.5 Å². The SMILES string of the molecule is O=[N+]([O-])c1ccc(O)c(CSc2ncnc3c2ncn3[C@@H]2O[C@H](CO)[C@@H](O)[C@H]2O)c1. The van der Waals surface area contributed by atoms with Gasteiger partial charge in [-0.3, -0.25) is 14.7 Å². The Labute approximate surface area is 172 Å². The highest BCUT2D eigenvalue weighted by Gasteiger charge is 2.44. The molecule has 1 aliphatic heterocycles. The monoisotopic (exact) mass is 435 g/mol. The first-order chi connectivity index (χ1) is 14.4. The largest absolute Gasteiger partial charge is 0.508 e. The van der Waals surface area contributed by atoms with Gasteiger partial charge in [-0.2, -0.15) is 0 Å². The third-order valence-electron chi connectivity index (χ3n) is 4.75. The van der Waals surface area contributed by atoms with Gasteiger partial charge in [-0.15, -0.1) is 0 Å². The Kier molecular flexibility index (Phi) is 5.53. The number of nitro benzene ring substituents is 1. The first-order valence-electron chi connectivity index (χ1n) is 8.79. The summed E-state index contributed by atoms with van der Waals surface area (Å²) < 4.78 is 6.96. The molecule has 4 atom stereocenters. The molecule has 4 rings (SSSR count). The number of non-ortho nitro benzene ring substituents is 1. The molecule has 1 aromatic carbocycles. The third-order valence-corrected chi connectivity index (χ3v) is 5.78. The van der Waals surface area contributed by atoms with Crippen LogP contribution in [0.1, 0.15) is 11.8 Å². The van der Waals surface area contributed by atoms with Crippen LogP contribution in [0, 0.1) is 10.1 Å². The van der Waals surface area contributed by atoms with Crippen molar-refractivity contribution in [2.45, 2.75) is 35.3 Å². The van der Waals surface area contributed by atoms with Gasteiger partial charge in [-0.05, 0) is 6.07 Å². The number of aliphatic hydroxyl groups excluding tert-OH is 3. The maximum atomic E-state index is 11.0. The average Bonchev–Trinajstić information content (AvgIpc) is 3.28. The predicted octanol–water partition coefficient (Wildman–Crippen LogP) is 0.344. The highest BCUT2D eigenvalue weighted by molar-refractivity contribution is 7.98. The zero-order valence-corrected chi connectivity index (χ0v) is 16.1. The highest BCUT2D eigenvalue weighted by atomic mass is 32.2. The van der Waals surface area contributed by atoms with Gasteiger partial charge in [0.2, 0.25) is 0 Å². The Balaban J connectivity index is 1.60. The number of nitrogens with zero attached hydrogens (tertiary/aromatic N) is 5. The van der Waals surface area contributed by atoms with Crippen molar-refractivity contribution < 1.29 is 30.1 Å². The van der Waals surface area contributed by atoms with E-state index in [1.54, 1.807) is 0 Å². The first kappa shape index (κ1) is 20.4. The number of hydrogen-bond acceptors (Lipinski definition) is 11. The molecule has 1 aliphatic rings. The molecule has 0 unspecified atom stereocenters. The van der Waals surface area contributed by atoms with Crippen molar-refractivity contribution >= 4 is 28.6 Å². The molecule has 13 heteroatoms. The number of benzene rings is 1. The highest BCUT2D eigenvalue weighted by Crippen LogP contribution is 2.34. The number of phenols is 1. The van der Waals surface area contributed by atoms with E-state index in [4.69, 9.17) is 4.74 Å². The Morgan fingerprint density at radius 3 is 2.73 bits per heavy atom. The second-order valence-electron chi connectivity index (χ2n) is 6.59. The molecule has 2 aromatic heterocycles. The molecule has 0 amide bonds. The molecule has 0 bridgehead atoms. The number of thioether (sulfide) groups is 1. The van der Waals surface area contributed by atoms with E-state index in [0.29, 0.717) is 21.8 Å². The second kappa shape index (κ2) is 8.12. The minimum absolute atomic E-state index is 0.0737. The molecule has 0 radical (unpaired) electrons. The van der Waals surface area contributed by atoms with Crippen molar-refractivity contribution in [3.63, 3.8) is 0 Å². The number of fused-ring (bicyclic) bond motifs is 1. The van der Waals surface area contributed by atoms with Crippen molar-refractivity contribution in [2.75, 3.05) is 6.61 Å². The molecule has 1 fully saturated rings. The summed E-state index contributed by atoms with van der Waals surface area (Å²) in [7, 11) is 0. The van der Waals surface area contributed by atoms with Gasteiger partial charge in [-0.1, -0.05) is 11.8 Å². The fraction of sp³-hybridized carbons (Fsp3) is 0.353. The van der Waals surface area contributed by atoms with Crippen LogP contribution < -0.4 is 0 Å². The lowest BCUT2D eigenvalue weighted by molar-refractivity contribution is -0.384. The summed E-state index contributed by atoms with van der Waals surface area (Å²) in [5, 5.41) is 50.9. The number of ether oxygens (including phenoxy) is 1. The zero-order valence-electron chi connectivity index (χ0n) is 15.3. The van der Waals surface area contributed by atoms with E-state index in [2.05, 4.69) is 15.0 Å². The molecule has 158 valence electrons. The van der Waals surface area contributed by atoms with Crippen LogP contribution in [0.3, 0.4) is 0 Å². The maximum absolute atomic E-state index is 11.0. The molecule has 1 saturated heterocycles. The molecular weight excluding hydrogens is 418 g/mol. The normalized spacial score (nSPS) is 23.8. The maximum Gasteiger partial charge on any atom is 0.270 e. The lowest BCUT2D eigenvalue weighted by atomic mass is 10.1. The lowest BCUT2D eigenvalue weighted by Crippen LogP contribution is -2.33. The lowest BCUT2D eigenvalue weighted by Gasteiger charge is -2.16. The summed E-state index contributed by atoms with van der Waals surface area (Å²) in [6, 6.07) is 3.77. The quantitative estimate of drug-likeness (QED) is 0.182. The fourth-order valence-electron chi connectivity index (χ4n) is 3.18. The van der Waals surface area contributed by atoms with Crippen molar-refractivity contribution in [1.29, 1.82) is 0 Å². The van der Waals surface area contributed by atoms with E-state index in [-0.39, 0.29) is 17.2 Å². The standard InChI is InChI=1S/C17H17N5O7S/c23-4-11-13(25)14(26)17(29-11)21-7-20-12-15(21)18-6-19-16(12)30-5-8-3-9(22(27)28)1-2-10(8)24/h1-3,6-7,11,13-14,17,23-26H,4-5H2/t11-,13-,14-,17-/m1/s1. The molecule has 0 saturated carbocycles. The summed E-state index contributed by atoms with van der Waals surface area (Å²) in [5.41, 5.74) is 0.962. The van der Waals surface area contributed by atoms with Gasteiger partial charge in [0.15, 0.2) is 11.9 Å². The zero-order chi connectivity index (χ0) is 21.4. The van der Waals surface area contributed by atoms with Crippen molar-refractivity contribution in [3.8, 4) is 5.75 Å². The molecule has 30 heavy (non-hydrogen) atoms. The van der Waals surface area contributed by atoms with Gasteiger partial charge in [0.25, 0.3) is 5.69 Å². The van der Waals surface area contributed by atoms with Crippen molar-refractivity contribution in [2.24, 2.45) is 0 Å². The van der Waals surface area contributed by atoms with Crippen LogP contribution in [0.25, 0.3) is 11.2 Å². The van der Waals surface area contributed by atoms with E-state index < -0.39 is 36.1 Å². The van der Waals surface area contributed by atoms with Gasteiger partial charge in [0.05, 0.1) is 17.9 Å². The van der Waals surface area contributed by atoms with E-state index in [1.807, 2.05) is 0 Å². The van der Waals surface area contributed by atoms with Gasteiger partial charge in [0.1, 0.15) is 40.9 Å². The Hall–Kier alpha value is -2.84. The number of imidazole rings is 1. The van der Waals surface area contributed by atoms with Crippen LogP contribution in [0.15, 0.2) is 35.9 Å². The van der Waals surface area contributed by atoms with Crippen molar-refractivity contribution in [3.05, 3.63) is 46.5 Å². The molecule has 3 aromatic rings. The van der Waals surface area contributed by atoms with Gasteiger partial charge < -0.3 is 25.2 Å². The van der Waals surface area contributed by atoms with Crippen LogP contribution >= 0.6 is 11.8 Å². The van der Waals surface area contributed by atoms with Gasteiger partial charge in [0, 0.05) is 23.4 Å². The number of phenolic OH excluding ortho intramolecular Hbond substituents is 1.